The van der Waals surface area contributed by atoms with Crippen molar-refractivity contribution in [1.29, 1.82) is 5.26 Å². The SMILES string of the molecule is N#Cc1cccnc1N1CCN(C(=O)c2cc(Cl)ccc2I)CC1. The Hall–Kier alpha value is -1.85. The highest BCUT2D eigenvalue weighted by Gasteiger charge is 2.25. The Labute approximate surface area is 159 Å². The number of hydrogen-bond donors (Lipinski definition) is 0. The Balaban J connectivity index is 1.72. The minimum Gasteiger partial charge on any atom is -0.352 e. The maximum absolute atomic E-state index is 12.7. The van der Waals surface area contributed by atoms with Crippen molar-refractivity contribution in [2.45, 2.75) is 0 Å². The molecule has 0 aliphatic carbocycles. The van der Waals surface area contributed by atoms with Crippen LogP contribution in [0.25, 0.3) is 0 Å². The van der Waals surface area contributed by atoms with Crippen LogP contribution < -0.4 is 4.90 Å². The topological polar surface area (TPSA) is 60.2 Å². The number of piperazine rings is 1. The van der Waals surface area contributed by atoms with Gasteiger partial charge < -0.3 is 9.80 Å². The minimum absolute atomic E-state index is 0.0110. The van der Waals surface area contributed by atoms with E-state index < -0.39 is 0 Å². The summed E-state index contributed by atoms with van der Waals surface area (Å²) >= 11 is 8.16. The number of anilines is 1. The smallest absolute Gasteiger partial charge is 0.255 e. The van der Waals surface area contributed by atoms with Gasteiger partial charge in [-0.25, -0.2) is 4.98 Å². The van der Waals surface area contributed by atoms with Gasteiger partial charge in [0, 0.05) is 41.0 Å². The van der Waals surface area contributed by atoms with E-state index >= 15 is 0 Å². The van der Waals surface area contributed by atoms with Gasteiger partial charge in [-0.2, -0.15) is 5.26 Å². The molecular weight excluding hydrogens is 439 g/mol. The third-order valence-corrected chi connectivity index (χ3v) is 5.11. The summed E-state index contributed by atoms with van der Waals surface area (Å²) in [6, 6.07) is 11.0. The maximum atomic E-state index is 12.7. The quantitative estimate of drug-likeness (QED) is 0.657. The molecular formula is C17H14ClIN4O. The van der Waals surface area contributed by atoms with Gasteiger partial charge in [0.2, 0.25) is 0 Å². The van der Waals surface area contributed by atoms with Gasteiger partial charge in [0.25, 0.3) is 5.91 Å². The Morgan fingerprint density at radius 2 is 2.00 bits per heavy atom. The van der Waals surface area contributed by atoms with Crippen LogP contribution in [0.2, 0.25) is 5.02 Å². The van der Waals surface area contributed by atoms with E-state index in [1.54, 1.807) is 30.5 Å². The summed E-state index contributed by atoms with van der Waals surface area (Å²) in [5.41, 5.74) is 1.19. The molecule has 1 amide bonds. The zero-order valence-electron chi connectivity index (χ0n) is 12.7. The summed E-state index contributed by atoms with van der Waals surface area (Å²) in [4.78, 5) is 20.9. The van der Waals surface area contributed by atoms with E-state index in [0.717, 1.165) is 3.57 Å². The zero-order valence-corrected chi connectivity index (χ0v) is 15.7. The molecule has 1 aromatic carbocycles. The summed E-state index contributed by atoms with van der Waals surface area (Å²) in [7, 11) is 0. The maximum Gasteiger partial charge on any atom is 0.255 e. The molecule has 0 bridgehead atoms. The van der Waals surface area contributed by atoms with E-state index in [1.165, 1.54) is 0 Å². The predicted octanol–water partition coefficient (Wildman–Crippen LogP) is 3.17. The molecule has 122 valence electrons. The first-order valence-corrected chi connectivity index (χ1v) is 8.90. The van der Waals surface area contributed by atoms with Gasteiger partial charge in [-0.05, 0) is 52.9 Å². The molecule has 0 unspecified atom stereocenters. The second kappa shape index (κ2) is 7.36. The normalized spacial score (nSPS) is 14.4. The van der Waals surface area contributed by atoms with Crippen LogP contribution in [0.4, 0.5) is 5.82 Å². The van der Waals surface area contributed by atoms with Crippen molar-refractivity contribution in [3.05, 3.63) is 56.2 Å². The van der Waals surface area contributed by atoms with Crippen LogP contribution in [0.5, 0.6) is 0 Å². The third kappa shape index (κ3) is 3.47. The molecule has 1 aliphatic rings. The Morgan fingerprint density at radius 1 is 1.25 bits per heavy atom. The lowest BCUT2D eigenvalue weighted by molar-refractivity contribution is 0.0745. The van der Waals surface area contributed by atoms with Crippen LogP contribution >= 0.6 is 34.2 Å². The summed E-state index contributed by atoms with van der Waals surface area (Å²) in [5.74, 6) is 0.674. The van der Waals surface area contributed by atoms with E-state index in [1.807, 2.05) is 15.9 Å². The van der Waals surface area contributed by atoms with Crippen molar-refractivity contribution >= 4 is 45.9 Å². The molecule has 24 heavy (non-hydrogen) atoms. The van der Waals surface area contributed by atoms with E-state index in [4.69, 9.17) is 11.6 Å². The van der Waals surface area contributed by atoms with Gasteiger partial charge >= 0.3 is 0 Å². The van der Waals surface area contributed by atoms with Crippen molar-refractivity contribution in [3.8, 4) is 6.07 Å². The fourth-order valence-electron chi connectivity index (χ4n) is 2.69. The van der Waals surface area contributed by atoms with Crippen LogP contribution in [-0.2, 0) is 0 Å². The molecule has 1 fully saturated rings. The van der Waals surface area contributed by atoms with Crippen molar-refractivity contribution in [3.63, 3.8) is 0 Å². The Bertz CT molecular complexity index is 812. The highest BCUT2D eigenvalue weighted by atomic mass is 127. The number of amides is 1. The molecule has 3 rings (SSSR count). The molecule has 7 heteroatoms. The first-order valence-electron chi connectivity index (χ1n) is 7.44. The molecule has 0 saturated carbocycles. The van der Waals surface area contributed by atoms with E-state index in [9.17, 15) is 10.1 Å². The molecule has 0 radical (unpaired) electrons. The minimum atomic E-state index is -0.0110. The van der Waals surface area contributed by atoms with Crippen molar-refractivity contribution in [2.75, 3.05) is 31.1 Å². The third-order valence-electron chi connectivity index (χ3n) is 3.93. The Kier molecular flexibility index (Phi) is 5.21. The lowest BCUT2D eigenvalue weighted by Gasteiger charge is -2.35. The number of pyridine rings is 1. The van der Waals surface area contributed by atoms with E-state index in [2.05, 4.69) is 33.6 Å². The molecule has 0 atom stereocenters. The van der Waals surface area contributed by atoms with Gasteiger partial charge in [-0.3, -0.25) is 4.79 Å². The summed E-state index contributed by atoms with van der Waals surface area (Å²) in [6.45, 7) is 2.47. The van der Waals surface area contributed by atoms with Crippen LogP contribution in [0.15, 0.2) is 36.5 Å². The number of benzene rings is 1. The number of nitriles is 1. The molecule has 1 aromatic heterocycles. The average Bonchev–Trinajstić information content (AvgIpc) is 2.63. The number of aromatic nitrogens is 1. The second-order valence-electron chi connectivity index (χ2n) is 5.39. The molecule has 1 saturated heterocycles. The molecule has 0 N–H and O–H groups in total. The zero-order chi connectivity index (χ0) is 17.1. The van der Waals surface area contributed by atoms with Crippen molar-refractivity contribution < 1.29 is 4.79 Å². The van der Waals surface area contributed by atoms with Crippen molar-refractivity contribution in [2.24, 2.45) is 0 Å². The number of carbonyl (C=O) groups is 1. The van der Waals surface area contributed by atoms with Gasteiger partial charge in [0.1, 0.15) is 11.9 Å². The number of nitrogens with zero attached hydrogens (tertiary/aromatic N) is 4. The number of hydrogen-bond acceptors (Lipinski definition) is 4. The fourth-order valence-corrected chi connectivity index (χ4v) is 3.43. The number of halogens is 2. The standard InChI is InChI=1S/C17H14ClIN4O/c18-13-3-4-15(19)14(10-13)17(24)23-8-6-22(7-9-23)16-12(11-20)2-1-5-21-16/h1-5,10H,6-9H2. The lowest BCUT2D eigenvalue weighted by atomic mass is 10.1. The van der Waals surface area contributed by atoms with E-state index in [0.29, 0.717) is 48.1 Å². The Morgan fingerprint density at radius 3 is 2.71 bits per heavy atom. The van der Waals surface area contributed by atoms with Crippen LogP contribution in [-0.4, -0.2) is 42.0 Å². The van der Waals surface area contributed by atoms with Crippen molar-refractivity contribution in [1.82, 2.24) is 9.88 Å². The highest BCUT2D eigenvalue weighted by molar-refractivity contribution is 14.1. The summed E-state index contributed by atoms with van der Waals surface area (Å²) < 4.78 is 0.890. The van der Waals surface area contributed by atoms with Gasteiger partial charge in [0.05, 0.1) is 11.1 Å². The fraction of sp³-hybridized carbons (Fsp3) is 0.235. The van der Waals surface area contributed by atoms with Gasteiger partial charge in [-0.1, -0.05) is 11.6 Å². The second-order valence-corrected chi connectivity index (χ2v) is 6.99. The van der Waals surface area contributed by atoms with E-state index in [-0.39, 0.29) is 5.91 Å². The molecule has 1 aliphatic heterocycles. The highest BCUT2D eigenvalue weighted by Crippen LogP contribution is 2.22. The molecule has 2 heterocycles. The monoisotopic (exact) mass is 452 g/mol. The lowest BCUT2D eigenvalue weighted by Crippen LogP contribution is -2.49. The molecule has 2 aromatic rings. The van der Waals surface area contributed by atoms with Gasteiger partial charge in [-0.15, -0.1) is 0 Å². The van der Waals surface area contributed by atoms with Crippen LogP contribution in [0.3, 0.4) is 0 Å². The average molecular weight is 453 g/mol. The number of carbonyl (C=O) groups excluding carboxylic acids is 1. The molecule has 0 spiro atoms. The predicted molar refractivity (Wildman–Crippen MR) is 101 cm³/mol. The largest absolute Gasteiger partial charge is 0.352 e. The first kappa shape index (κ1) is 17.0. The first-order chi connectivity index (χ1) is 11.6. The summed E-state index contributed by atoms with van der Waals surface area (Å²) in [6.07, 6.45) is 1.68. The van der Waals surface area contributed by atoms with Crippen LogP contribution in [0.1, 0.15) is 15.9 Å². The summed E-state index contributed by atoms with van der Waals surface area (Å²) in [5, 5.41) is 9.76. The van der Waals surface area contributed by atoms with Gasteiger partial charge in [0.15, 0.2) is 0 Å². The number of rotatable bonds is 2. The molecule has 5 nitrogen and oxygen atoms in total. The van der Waals surface area contributed by atoms with Crippen LogP contribution in [0, 0.1) is 14.9 Å².